The summed E-state index contributed by atoms with van der Waals surface area (Å²) in [6.45, 7) is 6.66. The number of nitrogens with zero attached hydrogens (tertiary/aromatic N) is 3. The first-order chi connectivity index (χ1) is 15.7. The van der Waals surface area contributed by atoms with Crippen molar-refractivity contribution in [1.82, 2.24) is 20.4 Å². The Kier molecular flexibility index (Phi) is 10.3. The van der Waals surface area contributed by atoms with E-state index < -0.39 is 0 Å². The van der Waals surface area contributed by atoms with Crippen molar-refractivity contribution in [2.24, 2.45) is 16.8 Å². The number of likely N-dealkylation sites (tertiary alicyclic amines) is 2. The number of carbonyl (C=O) groups excluding carboxylic acids is 1. The second-order valence-electron chi connectivity index (χ2n) is 9.46. The van der Waals surface area contributed by atoms with E-state index in [4.69, 9.17) is 0 Å². The fourth-order valence-corrected chi connectivity index (χ4v) is 5.07. The van der Waals surface area contributed by atoms with Crippen LogP contribution in [-0.2, 0) is 11.2 Å². The zero-order valence-corrected chi connectivity index (χ0v) is 20.2. The third-order valence-corrected chi connectivity index (χ3v) is 7.14. The molecule has 0 spiro atoms. The van der Waals surface area contributed by atoms with Gasteiger partial charge in [0.2, 0.25) is 5.91 Å². The fourth-order valence-electron chi connectivity index (χ4n) is 5.07. The van der Waals surface area contributed by atoms with Crippen LogP contribution in [0.15, 0.2) is 35.3 Å². The van der Waals surface area contributed by atoms with Crippen LogP contribution in [0.2, 0.25) is 0 Å². The Morgan fingerprint density at radius 3 is 2.34 bits per heavy atom. The van der Waals surface area contributed by atoms with Crippen molar-refractivity contribution in [3.63, 3.8) is 0 Å². The van der Waals surface area contributed by atoms with Crippen LogP contribution in [0.4, 0.5) is 0 Å². The van der Waals surface area contributed by atoms with Crippen molar-refractivity contribution in [2.75, 3.05) is 53.4 Å². The predicted octanol–water partition coefficient (Wildman–Crippen LogP) is 3.14. The lowest BCUT2D eigenvalue weighted by molar-refractivity contribution is -0.121. The van der Waals surface area contributed by atoms with Gasteiger partial charge in [0.05, 0.1) is 0 Å². The van der Waals surface area contributed by atoms with Gasteiger partial charge in [0.1, 0.15) is 0 Å². The summed E-state index contributed by atoms with van der Waals surface area (Å²) in [6, 6.07) is 10.9. The van der Waals surface area contributed by atoms with Crippen LogP contribution in [0.25, 0.3) is 0 Å². The van der Waals surface area contributed by atoms with E-state index in [9.17, 15) is 4.79 Å². The van der Waals surface area contributed by atoms with Gasteiger partial charge in [0.15, 0.2) is 5.96 Å². The summed E-state index contributed by atoms with van der Waals surface area (Å²) < 4.78 is 0. The molecule has 6 heteroatoms. The standard InChI is InChI=1S/C26H43N5O/c1-27-25(32)21-24-12-18-31(19-13-24)26(28-2)29-14-6-7-15-30-16-10-23(11-17-30)20-22-8-4-3-5-9-22/h3-5,8-9,23-24H,6-7,10-21H2,1-2H3,(H,27,32)(H,28,29). The van der Waals surface area contributed by atoms with E-state index in [0.29, 0.717) is 12.3 Å². The topological polar surface area (TPSA) is 60.0 Å². The third-order valence-electron chi connectivity index (χ3n) is 7.14. The number of hydrogen-bond acceptors (Lipinski definition) is 3. The Bertz CT molecular complexity index is 691. The van der Waals surface area contributed by atoms with Gasteiger partial charge in [-0.3, -0.25) is 9.79 Å². The van der Waals surface area contributed by atoms with Gasteiger partial charge in [-0.05, 0) is 82.0 Å². The molecule has 2 heterocycles. The zero-order chi connectivity index (χ0) is 22.6. The van der Waals surface area contributed by atoms with Crippen LogP contribution < -0.4 is 10.6 Å². The molecule has 0 saturated carbocycles. The maximum Gasteiger partial charge on any atom is 0.220 e. The average Bonchev–Trinajstić information content (AvgIpc) is 2.83. The number of nitrogens with one attached hydrogen (secondary N) is 2. The summed E-state index contributed by atoms with van der Waals surface area (Å²) in [4.78, 5) is 21.1. The zero-order valence-electron chi connectivity index (χ0n) is 20.2. The van der Waals surface area contributed by atoms with E-state index in [2.05, 4.69) is 55.8 Å². The van der Waals surface area contributed by atoms with Crippen molar-refractivity contribution < 1.29 is 4.79 Å². The lowest BCUT2D eigenvalue weighted by Crippen LogP contribution is -2.46. The Hall–Kier alpha value is -2.08. The summed E-state index contributed by atoms with van der Waals surface area (Å²) in [5.74, 6) is 2.52. The number of carbonyl (C=O) groups is 1. The van der Waals surface area contributed by atoms with Crippen LogP contribution in [-0.4, -0.2) is 75.0 Å². The van der Waals surface area contributed by atoms with E-state index in [1.165, 1.54) is 57.3 Å². The summed E-state index contributed by atoms with van der Waals surface area (Å²) >= 11 is 0. The largest absolute Gasteiger partial charge is 0.359 e. The molecule has 32 heavy (non-hydrogen) atoms. The first-order valence-electron chi connectivity index (χ1n) is 12.6. The summed E-state index contributed by atoms with van der Waals surface area (Å²) in [5, 5.41) is 6.30. The molecule has 0 aliphatic carbocycles. The highest BCUT2D eigenvalue weighted by Gasteiger charge is 2.23. The predicted molar refractivity (Wildman–Crippen MR) is 133 cm³/mol. The highest BCUT2D eigenvalue weighted by Crippen LogP contribution is 2.22. The molecule has 0 atom stereocenters. The van der Waals surface area contributed by atoms with Crippen molar-refractivity contribution in [2.45, 2.75) is 51.4 Å². The summed E-state index contributed by atoms with van der Waals surface area (Å²) in [5.41, 5.74) is 1.49. The number of aliphatic imine (C=N–C) groups is 1. The van der Waals surface area contributed by atoms with E-state index >= 15 is 0 Å². The van der Waals surface area contributed by atoms with Gasteiger partial charge < -0.3 is 20.4 Å². The number of hydrogen-bond donors (Lipinski definition) is 2. The Balaban J connectivity index is 1.24. The SMILES string of the molecule is CN=C(NCCCCN1CCC(Cc2ccccc2)CC1)N1CCC(CC(=O)NC)CC1. The van der Waals surface area contributed by atoms with Gasteiger partial charge >= 0.3 is 0 Å². The monoisotopic (exact) mass is 441 g/mol. The Morgan fingerprint density at radius 1 is 1.00 bits per heavy atom. The van der Waals surface area contributed by atoms with Gasteiger partial charge in [0, 0.05) is 40.2 Å². The smallest absolute Gasteiger partial charge is 0.220 e. The van der Waals surface area contributed by atoms with Crippen molar-refractivity contribution in [3.8, 4) is 0 Å². The molecule has 6 nitrogen and oxygen atoms in total. The number of amides is 1. The molecule has 1 aromatic rings. The van der Waals surface area contributed by atoms with Crippen molar-refractivity contribution in [3.05, 3.63) is 35.9 Å². The molecule has 0 aromatic heterocycles. The highest BCUT2D eigenvalue weighted by atomic mass is 16.1. The molecule has 2 saturated heterocycles. The van der Waals surface area contributed by atoms with Gasteiger partial charge in [-0.25, -0.2) is 0 Å². The van der Waals surface area contributed by atoms with Gasteiger partial charge in [-0.15, -0.1) is 0 Å². The molecule has 0 bridgehead atoms. The first-order valence-corrected chi connectivity index (χ1v) is 12.6. The van der Waals surface area contributed by atoms with Crippen LogP contribution >= 0.6 is 0 Å². The molecule has 2 aliphatic rings. The van der Waals surface area contributed by atoms with Crippen molar-refractivity contribution >= 4 is 11.9 Å². The van der Waals surface area contributed by atoms with Gasteiger partial charge in [0.25, 0.3) is 0 Å². The molecule has 0 unspecified atom stereocenters. The minimum Gasteiger partial charge on any atom is -0.359 e. The second-order valence-corrected chi connectivity index (χ2v) is 9.46. The molecule has 1 aromatic carbocycles. The van der Waals surface area contributed by atoms with E-state index in [0.717, 1.165) is 44.4 Å². The Labute approximate surface area is 194 Å². The van der Waals surface area contributed by atoms with E-state index in [1.807, 2.05) is 7.05 Å². The van der Waals surface area contributed by atoms with Crippen LogP contribution in [0.1, 0.15) is 50.5 Å². The normalized spacial score (nSPS) is 19.2. The number of unbranched alkanes of at least 4 members (excludes halogenated alkanes) is 1. The lowest BCUT2D eigenvalue weighted by Gasteiger charge is -2.34. The molecule has 2 aliphatic heterocycles. The van der Waals surface area contributed by atoms with Crippen LogP contribution in [0, 0.1) is 11.8 Å². The number of rotatable bonds is 9. The molecule has 2 N–H and O–H groups in total. The van der Waals surface area contributed by atoms with Gasteiger partial charge in [-0.2, -0.15) is 0 Å². The first kappa shape index (κ1) is 24.6. The van der Waals surface area contributed by atoms with Crippen LogP contribution in [0.5, 0.6) is 0 Å². The quantitative estimate of drug-likeness (QED) is 0.351. The summed E-state index contributed by atoms with van der Waals surface area (Å²) in [7, 11) is 3.59. The number of benzene rings is 1. The molecule has 1 amide bonds. The minimum absolute atomic E-state index is 0.159. The van der Waals surface area contributed by atoms with E-state index in [1.54, 1.807) is 7.05 Å². The van der Waals surface area contributed by atoms with E-state index in [-0.39, 0.29) is 5.91 Å². The molecular formula is C26H43N5O. The Morgan fingerprint density at radius 2 is 1.69 bits per heavy atom. The highest BCUT2D eigenvalue weighted by molar-refractivity contribution is 5.80. The molecular weight excluding hydrogens is 398 g/mol. The number of piperidine rings is 2. The maximum absolute atomic E-state index is 11.6. The average molecular weight is 442 g/mol. The van der Waals surface area contributed by atoms with Crippen LogP contribution in [0.3, 0.4) is 0 Å². The third kappa shape index (κ3) is 8.12. The molecule has 3 rings (SSSR count). The fraction of sp³-hybridized carbons (Fsp3) is 0.692. The van der Waals surface area contributed by atoms with Gasteiger partial charge in [-0.1, -0.05) is 30.3 Å². The second kappa shape index (κ2) is 13.5. The molecule has 0 radical (unpaired) electrons. The summed E-state index contributed by atoms with van der Waals surface area (Å²) in [6.07, 6.45) is 9.09. The maximum atomic E-state index is 11.6. The minimum atomic E-state index is 0.159. The number of guanidine groups is 1. The molecule has 2 fully saturated rings. The lowest BCUT2D eigenvalue weighted by atomic mass is 9.90. The van der Waals surface area contributed by atoms with Crippen molar-refractivity contribution in [1.29, 1.82) is 0 Å². The molecule has 178 valence electrons.